The topological polar surface area (TPSA) is 122 Å². The van der Waals surface area contributed by atoms with E-state index >= 15 is 0 Å². The maximum absolute atomic E-state index is 12.3. The van der Waals surface area contributed by atoms with Crippen molar-refractivity contribution in [2.75, 3.05) is 27.2 Å². The molecule has 2 aromatic carbocycles. The van der Waals surface area contributed by atoms with Crippen molar-refractivity contribution in [2.24, 2.45) is 5.73 Å². The molecule has 0 heterocycles. The quantitative estimate of drug-likeness (QED) is 0.524. The molecule has 0 saturated carbocycles. The third-order valence-electron chi connectivity index (χ3n) is 4.23. The van der Waals surface area contributed by atoms with Crippen molar-refractivity contribution in [1.29, 1.82) is 0 Å². The highest BCUT2D eigenvalue weighted by molar-refractivity contribution is 7.89. The van der Waals surface area contributed by atoms with Crippen LogP contribution in [0.3, 0.4) is 0 Å². The average Bonchev–Trinajstić information content (AvgIpc) is 2.72. The summed E-state index contributed by atoms with van der Waals surface area (Å²) in [6, 6.07) is 12.7. The molecule has 0 aliphatic carbocycles. The summed E-state index contributed by atoms with van der Waals surface area (Å²) in [7, 11) is -0.632. The van der Waals surface area contributed by atoms with Crippen molar-refractivity contribution < 1.29 is 18.0 Å². The summed E-state index contributed by atoms with van der Waals surface area (Å²) >= 11 is 0. The summed E-state index contributed by atoms with van der Waals surface area (Å²) in [5, 5.41) is 5.55. The molecule has 0 atom stereocenters. The second-order valence-corrected chi connectivity index (χ2v) is 8.74. The van der Waals surface area contributed by atoms with Crippen molar-refractivity contribution in [1.82, 2.24) is 14.9 Å². The molecular formula is C20H26N4O4S. The highest BCUT2D eigenvalue weighted by atomic mass is 32.2. The van der Waals surface area contributed by atoms with E-state index in [1.807, 2.05) is 0 Å². The normalized spacial score (nSPS) is 11.3. The molecule has 4 N–H and O–H groups in total. The van der Waals surface area contributed by atoms with E-state index in [0.717, 1.165) is 16.3 Å². The van der Waals surface area contributed by atoms with E-state index < -0.39 is 10.0 Å². The van der Waals surface area contributed by atoms with Crippen LogP contribution in [0.1, 0.15) is 32.7 Å². The van der Waals surface area contributed by atoms with Gasteiger partial charge in [-0.2, -0.15) is 0 Å². The molecule has 2 rings (SSSR count). The minimum absolute atomic E-state index is 0.124. The van der Waals surface area contributed by atoms with Crippen molar-refractivity contribution >= 4 is 21.8 Å². The zero-order valence-electron chi connectivity index (χ0n) is 16.5. The van der Waals surface area contributed by atoms with Gasteiger partial charge in [-0.25, -0.2) is 12.7 Å². The first-order valence-corrected chi connectivity index (χ1v) is 10.6. The summed E-state index contributed by atoms with van der Waals surface area (Å²) < 4.78 is 25.2. The Morgan fingerprint density at radius 1 is 0.897 bits per heavy atom. The number of hydrogen-bond donors (Lipinski definition) is 3. The van der Waals surface area contributed by atoms with E-state index in [9.17, 15) is 18.0 Å². The van der Waals surface area contributed by atoms with Crippen LogP contribution in [0.15, 0.2) is 53.4 Å². The van der Waals surface area contributed by atoms with E-state index in [1.165, 1.54) is 38.4 Å². The smallest absolute Gasteiger partial charge is 0.251 e. The molecule has 0 bridgehead atoms. The van der Waals surface area contributed by atoms with Crippen molar-refractivity contribution in [3.05, 3.63) is 65.2 Å². The van der Waals surface area contributed by atoms with E-state index in [1.54, 1.807) is 24.3 Å². The van der Waals surface area contributed by atoms with Crippen LogP contribution in [-0.2, 0) is 16.6 Å². The van der Waals surface area contributed by atoms with Crippen molar-refractivity contribution in [2.45, 2.75) is 17.9 Å². The largest absolute Gasteiger partial charge is 0.352 e. The number of carbonyl (C=O) groups is 2. The van der Waals surface area contributed by atoms with Gasteiger partial charge in [0.15, 0.2) is 0 Å². The van der Waals surface area contributed by atoms with Gasteiger partial charge in [0.25, 0.3) is 11.8 Å². The Morgan fingerprint density at radius 3 is 1.93 bits per heavy atom. The van der Waals surface area contributed by atoms with E-state index in [2.05, 4.69) is 10.6 Å². The number of nitrogens with zero attached hydrogens (tertiary/aromatic N) is 1. The lowest BCUT2D eigenvalue weighted by Gasteiger charge is -2.11. The molecule has 8 nitrogen and oxygen atoms in total. The van der Waals surface area contributed by atoms with Gasteiger partial charge >= 0.3 is 0 Å². The van der Waals surface area contributed by atoms with Crippen LogP contribution in [0.4, 0.5) is 0 Å². The Morgan fingerprint density at radius 2 is 1.41 bits per heavy atom. The number of carbonyl (C=O) groups excluding carboxylic acids is 2. The maximum atomic E-state index is 12.3. The van der Waals surface area contributed by atoms with Crippen LogP contribution < -0.4 is 16.4 Å². The molecular weight excluding hydrogens is 392 g/mol. The number of nitrogens with two attached hydrogens (primary N) is 1. The fourth-order valence-corrected chi connectivity index (χ4v) is 3.36. The zero-order chi connectivity index (χ0) is 21.4. The maximum Gasteiger partial charge on any atom is 0.251 e. The van der Waals surface area contributed by atoms with Crippen LogP contribution in [-0.4, -0.2) is 51.7 Å². The summed E-state index contributed by atoms with van der Waals surface area (Å²) in [6.45, 7) is 1.33. The molecule has 0 unspecified atom stereocenters. The number of hydrogen-bond acceptors (Lipinski definition) is 5. The first-order chi connectivity index (χ1) is 13.8. The second-order valence-electron chi connectivity index (χ2n) is 6.59. The van der Waals surface area contributed by atoms with Gasteiger partial charge in [-0.1, -0.05) is 12.1 Å². The Hall–Kier alpha value is -2.75. The van der Waals surface area contributed by atoms with Crippen LogP contribution in [0.5, 0.6) is 0 Å². The standard InChI is InChI=1S/C20H26N4O4S/c1-24(2)29(27,28)18-10-8-17(9-11-18)20(26)23-14-15-4-6-16(7-5-15)19(25)22-13-3-12-21/h4-11H,3,12-14,21H2,1-2H3,(H,22,25)(H,23,26). The predicted molar refractivity (Wildman–Crippen MR) is 111 cm³/mol. The molecule has 0 fully saturated rings. The molecule has 0 saturated heterocycles. The molecule has 0 spiro atoms. The van der Waals surface area contributed by atoms with Crippen LogP contribution in [0.2, 0.25) is 0 Å². The molecule has 0 radical (unpaired) electrons. The lowest BCUT2D eigenvalue weighted by Crippen LogP contribution is -2.26. The summed E-state index contributed by atoms with van der Waals surface area (Å²) in [4.78, 5) is 24.4. The first-order valence-electron chi connectivity index (χ1n) is 9.13. The van der Waals surface area contributed by atoms with E-state index in [0.29, 0.717) is 24.2 Å². The molecule has 2 aromatic rings. The van der Waals surface area contributed by atoms with Crippen molar-refractivity contribution in [3.63, 3.8) is 0 Å². The lowest BCUT2D eigenvalue weighted by molar-refractivity contribution is 0.0942. The van der Waals surface area contributed by atoms with E-state index in [-0.39, 0.29) is 23.3 Å². The number of sulfonamides is 1. The van der Waals surface area contributed by atoms with Gasteiger partial charge < -0.3 is 16.4 Å². The fourth-order valence-electron chi connectivity index (χ4n) is 2.45. The van der Waals surface area contributed by atoms with Crippen LogP contribution in [0.25, 0.3) is 0 Å². The lowest BCUT2D eigenvalue weighted by atomic mass is 10.1. The molecule has 9 heteroatoms. The molecule has 0 aliphatic rings. The van der Waals surface area contributed by atoms with Gasteiger partial charge in [-0.05, 0) is 54.9 Å². The fraction of sp³-hybridized carbons (Fsp3) is 0.300. The minimum atomic E-state index is -3.53. The zero-order valence-corrected chi connectivity index (χ0v) is 17.3. The van der Waals surface area contributed by atoms with Gasteiger partial charge in [0.1, 0.15) is 0 Å². The van der Waals surface area contributed by atoms with Crippen LogP contribution >= 0.6 is 0 Å². The summed E-state index contributed by atoms with van der Waals surface area (Å²) in [6.07, 6.45) is 0.720. The Balaban J connectivity index is 1.93. The van der Waals surface area contributed by atoms with Gasteiger partial charge in [0, 0.05) is 38.3 Å². The minimum Gasteiger partial charge on any atom is -0.352 e. The number of nitrogens with one attached hydrogen (secondary N) is 2. The molecule has 0 aromatic heterocycles. The molecule has 2 amide bonds. The molecule has 0 aliphatic heterocycles. The first kappa shape index (κ1) is 22.5. The average molecular weight is 419 g/mol. The van der Waals surface area contributed by atoms with E-state index in [4.69, 9.17) is 5.73 Å². The van der Waals surface area contributed by atoms with Gasteiger partial charge in [0.05, 0.1) is 4.90 Å². The Kier molecular flexibility index (Phi) is 7.89. The Bertz CT molecular complexity index is 939. The SMILES string of the molecule is CN(C)S(=O)(=O)c1ccc(C(=O)NCc2ccc(C(=O)NCCCN)cc2)cc1. The highest BCUT2D eigenvalue weighted by Crippen LogP contribution is 2.14. The molecule has 156 valence electrons. The third-order valence-corrected chi connectivity index (χ3v) is 6.06. The second kappa shape index (κ2) is 10.1. The summed E-state index contributed by atoms with van der Waals surface area (Å²) in [5.74, 6) is -0.482. The van der Waals surface area contributed by atoms with Crippen molar-refractivity contribution in [3.8, 4) is 0 Å². The number of rotatable bonds is 9. The van der Waals surface area contributed by atoms with Gasteiger partial charge in [-0.3, -0.25) is 9.59 Å². The highest BCUT2D eigenvalue weighted by Gasteiger charge is 2.17. The van der Waals surface area contributed by atoms with Gasteiger partial charge in [0.2, 0.25) is 10.0 Å². The number of benzene rings is 2. The van der Waals surface area contributed by atoms with Crippen LogP contribution in [0, 0.1) is 0 Å². The summed E-state index contributed by atoms with van der Waals surface area (Å²) in [5.41, 5.74) is 7.13. The Labute approximate surface area is 171 Å². The predicted octanol–water partition coefficient (Wildman–Crippen LogP) is 0.946. The number of amides is 2. The van der Waals surface area contributed by atoms with Gasteiger partial charge in [-0.15, -0.1) is 0 Å². The molecule has 29 heavy (non-hydrogen) atoms. The monoisotopic (exact) mass is 418 g/mol. The third kappa shape index (κ3) is 6.11.